The number of urea groups is 1. The molecule has 1 saturated heterocycles. The quantitative estimate of drug-likeness (QED) is 0.697. The molecule has 23 heavy (non-hydrogen) atoms. The molecule has 2 amide bonds. The van der Waals surface area contributed by atoms with Crippen molar-refractivity contribution >= 4 is 6.03 Å². The topological polar surface area (TPSA) is 73.8 Å². The Morgan fingerprint density at radius 3 is 2.74 bits per heavy atom. The smallest absolute Gasteiger partial charge is 0.315 e. The van der Waals surface area contributed by atoms with Crippen molar-refractivity contribution < 1.29 is 14.6 Å². The van der Waals surface area contributed by atoms with Gasteiger partial charge in [-0.1, -0.05) is 12.1 Å². The molecule has 2 atom stereocenters. The molecule has 128 valence electrons. The summed E-state index contributed by atoms with van der Waals surface area (Å²) in [6.45, 7) is 8.10. The van der Waals surface area contributed by atoms with Gasteiger partial charge in [-0.25, -0.2) is 4.79 Å². The molecule has 1 fully saturated rings. The molecule has 0 aliphatic carbocycles. The third-order valence-electron chi connectivity index (χ3n) is 3.80. The average Bonchev–Trinajstić information content (AvgIpc) is 2.49. The number of benzene rings is 1. The Labute approximate surface area is 137 Å². The lowest BCUT2D eigenvalue weighted by molar-refractivity contribution is -0.0679. The van der Waals surface area contributed by atoms with Gasteiger partial charge in [-0.3, -0.25) is 4.90 Å². The van der Waals surface area contributed by atoms with E-state index < -0.39 is 0 Å². The van der Waals surface area contributed by atoms with E-state index in [-0.39, 0.29) is 24.0 Å². The first kappa shape index (κ1) is 17.6. The number of rotatable bonds is 6. The van der Waals surface area contributed by atoms with Gasteiger partial charge in [0.15, 0.2) is 0 Å². The molecule has 0 radical (unpaired) electrons. The van der Waals surface area contributed by atoms with Crippen molar-refractivity contribution in [1.82, 2.24) is 15.5 Å². The lowest BCUT2D eigenvalue weighted by Crippen LogP contribution is -2.46. The summed E-state index contributed by atoms with van der Waals surface area (Å²) < 4.78 is 5.70. The van der Waals surface area contributed by atoms with Gasteiger partial charge in [-0.15, -0.1) is 0 Å². The van der Waals surface area contributed by atoms with E-state index >= 15 is 0 Å². The summed E-state index contributed by atoms with van der Waals surface area (Å²) in [7, 11) is 0. The Kier molecular flexibility index (Phi) is 6.67. The van der Waals surface area contributed by atoms with Crippen LogP contribution in [0, 0.1) is 0 Å². The van der Waals surface area contributed by atoms with Crippen LogP contribution in [0.5, 0.6) is 5.75 Å². The first-order valence-corrected chi connectivity index (χ1v) is 8.20. The fraction of sp³-hybridized carbons (Fsp3) is 0.588. The molecular weight excluding hydrogens is 294 g/mol. The Morgan fingerprint density at radius 1 is 1.30 bits per heavy atom. The summed E-state index contributed by atoms with van der Waals surface area (Å²) >= 11 is 0. The van der Waals surface area contributed by atoms with Crippen molar-refractivity contribution in [2.75, 3.05) is 26.2 Å². The SMILES string of the molecule is C[C@H]1CN(CCCNC(=O)NCc2cccc(O)c2)C[C@H](C)O1. The lowest BCUT2D eigenvalue weighted by Gasteiger charge is -2.35. The number of hydrogen-bond acceptors (Lipinski definition) is 4. The van der Waals surface area contributed by atoms with E-state index in [4.69, 9.17) is 4.74 Å². The summed E-state index contributed by atoms with van der Waals surface area (Å²) in [5.74, 6) is 0.207. The summed E-state index contributed by atoms with van der Waals surface area (Å²) in [6.07, 6.45) is 1.47. The lowest BCUT2D eigenvalue weighted by atomic mass is 10.2. The van der Waals surface area contributed by atoms with Crippen molar-refractivity contribution in [3.05, 3.63) is 29.8 Å². The monoisotopic (exact) mass is 321 g/mol. The third-order valence-corrected chi connectivity index (χ3v) is 3.80. The van der Waals surface area contributed by atoms with Crippen LogP contribution in [0.25, 0.3) is 0 Å². The minimum atomic E-state index is -0.183. The molecule has 0 spiro atoms. The fourth-order valence-corrected chi connectivity index (χ4v) is 2.88. The number of hydrogen-bond donors (Lipinski definition) is 3. The van der Waals surface area contributed by atoms with Crippen molar-refractivity contribution in [2.45, 2.75) is 39.0 Å². The van der Waals surface area contributed by atoms with Gasteiger partial charge in [0.1, 0.15) is 5.75 Å². The number of phenols is 1. The second-order valence-corrected chi connectivity index (χ2v) is 6.15. The number of carbonyl (C=O) groups excluding carboxylic acids is 1. The Morgan fingerprint density at radius 2 is 2.04 bits per heavy atom. The molecule has 0 aromatic heterocycles. The number of amides is 2. The average molecular weight is 321 g/mol. The molecule has 2 rings (SSSR count). The minimum Gasteiger partial charge on any atom is -0.508 e. The highest BCUT2D eigenvalue weighted by Crippen LogP contribution is 2.11. The van der Waals surface area contributed by atoms with Crippen molar-refractivity contribution in [1.29, 1.82) is 0 Å². The maximum absolute atomic E-state index is 11.7. The molecule has 0 bridgehead atoms. The van der Waals surface area contributed by atoms with Crippen LogP contribution in [0.1, 0.15) is 25.8 Å². The molecule has 1 aromatic rings. The number of morpholine rings is 1. The molecule has 3 N–H and O–H groups in total. The Balaban J connectivity index is 1.58. The summed E-state index contributed by atoms with van der Waals surface area (Å²) in [4.78, 5) is 14.1. The van der Waals surface area contributed by atoms with Crippen LogP contribution in [-0.4, -0.2) is 54.4 Å². The second-order valence-electron chi connectivity index (χ2n) is 6.15. The zero-order chi connectivity index (χ0) is 16.7. The normalized spacial score (nSPS) is 21.8. The van der Waals surface area contributed by atoms with Gasteiger partial charge < -0.3 is 20.5 Å². The molecular formula is C17H27N3O3. The molecule has 6 heteroatoms. The van der Waals surface area contributed by atoms with Gasteiger partial charge in [-0.05, 0) is 38.0 Å². The van der Waals surface area contributed by atoms with Gasteiger partial charge >= 0.3 is 6.03 Å². The number of ether oxygens (including phenoxy) is 1. The van der Waals surface area contributed by atoms with E-state index in [1.165, 1.54) is 0 Å². The van der Waals surface area contributed by atoms with Crippen LogP contribution < -0.4 is 10.6 Å². The molecule has 0 saturated carbocycles. The maximum Gasteiger partial charge on any atom is 0.315 e. The highest BCUT2D eigenvalue weighted by atomic mass is 16.5. The van der Waals surface area contributed by atoms with Crippen molar-refractivity contribution in [3.8, 4) is 5.75 Å². The minimum absolute atomic E-state index is 0.183. The molecule has 0 unspecified atom stereocenters. The van der Waals surface area contributed by atoms with Gasteiger partial charge in [0, 0.05) is 32.7 Å². The van der Waals surface area contributed by atoms with E-state index in [1.54, 1.807) is 18.2 Å². The number of nitrogens with zero attached hydrogens (tertiary/aromatic N) is 1. The van der Waals surface area contributed by atoms with E-state index in [0.717, 1.165) is 31.6 Å². The van der Waals surface area contributed by atoms with E-state index in [0.29, 0.717) is 13.1 Å². The fourth-order valence-electron chi connectivity index (χ4n) is 2.88. The first-order chi connectivity index (χ1) is 11.0. The third kappa shape index (κ3) is 6.46. The molecule has 1 aliphatic rings. The van der Waals surface area contributed by atoms with Gasteiger partial charge in [0.25, 0.3) is 0 Å². The first-order valence-electron chi connectivity index (χ1n) is 8.20. The van der Waals surface area contributed by atoms with Crippen molar-refractivity contribution in [3.63, 3.8) is 0 Å². The highest BCUT2D eigenvalue weighted by molar-refractivity contribution is 5.73. The molecule has 1 heterocycles. The standard InChI is InChI=1S/C17H27N3O3/c1-13-11-20(12-14(2)23-13)8-4-7-18-17(22)19-10-15-5-3-6-16(21)9-15/h3,5-6,9,13-14,21H,4,7-8,10-12H2,1-2H3,(H2,18,19,22)/t13-,14-/m0/s1. The number of aromatic hydroxyl groups is 1. The van der Waals surface area contributed by atoms with Crippen molar-refractivity contribution in [2.24, 2.45) is 0 Å². The van der Waals surface area contributed by atoms with Crippen LogP contribution in [0.3, 0.4) is 0 Å². The largest absolute Gasteiger partial charge is 0.508 e. The van der Waals surface area contributed by atoms with E-state index in [1.807, 2.05) is 6.07 Å². The number of nitrogens with one attached hydrogen (secondary N) is 2. The van der Waals surface area contributed by atoms with E-state index in [9.17, 15) is 9.90 Å². The predicted molar refractivity (Wildman–Crippen MR) is 89.4 cm³/mol. The molecule has 6 nitrogen and oxygen atoms in total. The number of phenolic OH excluding ortho intramolecular Hbond substituents is 1. The van der Waals surface area contributed by atoms with Gasteiger partial charge in [0.2, 0.25) is 0 Å². The maximum atomic E-state index is 11.7. The zero-order valence-corrected chi connectivity index (χ0v) is 13.9. The Hall–Kier alpha value is -1.79. The molecule has 1 aromatic carbocycles. The van der Waals surface area contributed by atoms with Crippen LogP contribution in [0.2, 0.25) is 0 Å². The summed E-state index contributed by atoms with van der Waals surface area (Å²) in [5, 5.41) is 15.0. The van der Waals surface area contributed by atoms with E-state index in [2.05, 4.69) is 29.4 Å². The highest BCUT2D eigenvalue weighted by Gasteiger charge is 2.21. The molecule has 1 aliphatic heterocycles. The zero-order valence-electron chi connectivity index (χ0n) is 13.9. The predicted octanol–water partition coefficient (Wildman–Crippen LogP) is 1.69. The number of carbonyl (C=O) groups is 1. The van der Waals surface area contributed by atoms with Gasteiger partial charge in [0.05, 0.1) is 12.2 Å². The van der Waals surface area contributed by atoms with Crippen LogP contribution in [0.15, 0.2) is 24.3 Å². The summed E-state index contributed by atoms with van der Waals surface area (Å²) in [5.41, 5.74) is 0.872. The van der Waals surface area contributed by atoms with Crippen LogP contribution in [0.4, 0.5) is 4.79 Å². The van der Waals surface area contributed by atoms with Gasteiger partial charge in [-0.2, -0.15) is 0 Å². The summed E-state index contributed by atoms with van der Waals surface area (Å²) in [6, 6.07) is 6.69. The van der Waals surface area contributed by atoms with Crippen LogP contribution in [-0.2, 0) is 11.3 Å². The second kappa shape index (κ2) is 8.74. The van der Waals surface area contributed by atoms with Crippen LogP contribution >= 0.6 is 0 Å². The Bertz CT molecular complexity index is 500.